The first-order chi connectivity index (χ1) is 7.68. The van der Waals surface area contributed by atoms with Crippen molar-refractivity contribution in [2.45, 2.75) is 32.9 Å². The molecule has 2 unspecified atom stereocenters. The van der Waals surface area contributed by atoms with Crippen molar-refractivity contribution in [3.63, 3.8) is 0 Å². The predicted molar refractivity (Wildman–Crippen MR) is 71.2 cm³/mol. The molecule has 1 N–H and O–H groups in total. The van der Waals surface area contributed by atoms with Crippen LogP contribution in [0.15, 0.2) is 11.6 Å². The molecular formula is C13H26N2O2. The van der Waals surface area contributed by atoms with Crippen LogP contribution in [0.1, 0.15) is 20.8 Å². The molecule has 0 radical (unpaired) electrons. The second-order valence-electron chi connectivity index (χ2n) is 5.14. The summed E-state index contributed by atoms with van der Waals surface area (Å²) in [4.78, 5) is 15.2. The predicted octanol–water partition coefficient (Wildman–Crippen LogP) is 1.53. The molecule has 0 aromatic carbocycles. The van der Waals surface area contributed by atoms with Crippen LogP contribution in [0, 0.1) is 5.92 Å². The summed E-state index contributed by atoms with van der Waals surface area (Å²) >= 11 is 0. The lowest BCUT2D eigenvalue weighted by Crippen LogP contribution is -2.43. The molecule has 0 amide bonds. The molecule has 0 aromatic rings. The molecule has 2 atom stereocenters. The summed E-state index contributed by atoms with van der Waals surface area (Å²) in [6.07, 6.45) is 1.87. The first kappa shape index (κ1) is 16.1. The molecule has 0 aromatic heterocycles. The summed E-state index contributed by atoms with van der Waals surface area (Å²) in [7, 11) is 8.07. The van der Waals surface area contributed by atoms with Gasteiger partial charge in [0.15, 0.2) is 0 Å². The Kier molecular flexibility index (Phi) is 6.42. The maximum atomic E-state index is 10.9. The van der Waals surface area contributed by atoms with Gasteiger partial charge in [0.1, 0.15) is 0 Å². The lowest BCUT2D eigenvalue weighted by atomic mass is 9.90. The third-order valence-electron chi connectivity index (χ3n) is 3.52. The molecule has 0 saturated heterocycles. The Bertz CT molecular complexity index is 271. The van der Waals surface area contributed by atoms with E-state index in [1.54, 1.807) is 6.92 Å². The van der Waals surface area contributed by atoms with Crippen LogP contribution in [0.3, 0.4) is 0 Å². The van der Waals surface area contributed by atoms with E-state index in [1.807, 2.05) is 34.3 Å². The minimum atomic E-state index is -0.841. The van der Waals surface area contributed by atoms with Crippen LogP contribution in [0.5, 0.6) is 0 Å². The molecule has 0 aliphatic carbocycles. The molecule has 4 nitrogen and oxygen atoms in total. The van der Waals surface area contributed by atoms with Crippen LogP contribution in [0.25, 0.3) is 0 Å². The van der Waals surface area contributed by atoms with Crippen molar-refractivity contribution in [2.24, 2.45) is 5.92 Å². The molecule has 4 heteroatoms. The van der Waals surface area contributed by atoms with Gasteiger partial charge in [-0.3, -0.25) is 0 Å². The number of nitrogens with zero attached hydrogens (tertiary/aromatic N) is 2. The first-order valence-corrected chi connectivity index (χ1v) is 5.93. The normalized spacial score (nSPS) is 18.3. The third-order valence-corrected chi connectivity index (χ3v) is 3.52. The Morgan fingerprint density at radius 1 is 1.06 bits per heavy atom. The van der Waals surface area contributed by atoms with Crippen molar-refractivity contribution in [3.8, 4) is 0 Å². The van der Waals surface area contributed by atoms with Crippen LogP contribution < -0.4 is 0 Å². The Morgan fingerprint density at radius 2 is 1.41 bits per heavy atom. The van der Waals surface area contributed by atoms with Crippen LogP contribution in [-0.2, 0) is 4.79 Å². The van der Waals surface area contributed by atoms with E-state index in [0.29, 0.717) is 17.7 Å². The number of carboxylic acid groups (broad SMARTS) is 1. The second-order valence-corrected chi connectivity index (χ2v) is 5.14. The van der Waals surface area contributed by atoms with Gasteiger partial charge in [-0.2, -0.15) is 0 Å². The topological polar surface area (TPSA) is 43.8 Å². The van der Waals surface area contributed by atoms with Crippen molar-refractivity contribution in [1.29, 1.82) is 0 Å². The van der Waals surface area contributed by atoms with Gasteiger partial charge in [-0.05, 0) is 49.0 Å². The minimum Gasteiger partial charge on any atom is -0.478 e. The van der Waals surface area contributed by atoms with E-state index in [-0.39, 0.29) is 5.92 Å². The highest BCUT2D eigenvalue weighted by molar-refractivity contribution is 5.85. The van der Waals surface area contributed by atoms with Gasteiger partial charge in [0.25, 0.3) is 0 Å². The molecule has 0 saturated carbocycles. The van der Waals surface area contributed by atoms with Crippen molar-refractivity contribution < 1.29 is 9.90 Å². The Balaban J connectivity index is 5.12. The molecule has 100 valence electrons. The fraction of sp³-hybridized carbons (Fsp3) is 0.769. The number of carboxylic acids is 1. The summed E-state index contributed by atoms with van der Waals surface area (Å²) < 4.78 is 0. The quantitative estimate of drug-likeness (QED) is 0.717. The van der Waals surface area contributed by atoms with Crippen LogP contribution in [0.2, 0.25) is 0 Å². The van der Waals surface area contributed by atoms with Crippen molar-refractivity contribution in [3.05, 3.63) is 11.6 Å². The van der Waals surface area contributed by atoms with Crippen molar-refractivity contribution in [2.75, 3.05) is 28.2 Å². The minimum absolute atomic E-state index is 0.191. The number of rotatable bonds is 6. The van der Waals surface area contributed by atoms with Crippen LogP contribution in [-0.4, -0.2) is 61.2 Å². The second kappa shape index (κ2) is 6.77. The molecule has 0 fully saturated rings. The summed E-state index contributed by atoms with van der Waals surface area (Å²) in [5.74, 6) is -0.650. The van der Waals surface area contributed by atoms with Crippen LogP contribution in [0.4, 0.5) is 0 Å². The Hall–Kier alpha value is -0.870. The zero-order chi connectivity index (χ0) is 13.7. The van der Waals surface area contributed by atoms with E-state index in [4.69, 9.17) is 5.11 Å². The third kappa shape index (κ3) is 4.88. The average Bonchev–Trinajstić information content (AvgIpc) is 2.22. The summed E-state index contributed by atoms with van der Waals surface area (Å²) in [5.41, 5.74) is 0.414. The van der Waals surface area contributed by atoms with E-state index in [1.165, 1.54) is 0 Å². The van der Waals surface area contributed by atoms with Gasteiger partial charge >= 0.3 is 5.97 Å². The van der Waals surface area contributed by atoms with Gasteiger partial charge in [-0.25, -0.2) is 4.79 Å². The highest BCUT2D eigenvalue weighted by atomic mass is 16.4. The summed E-state index contributed by atoms with van der Waals surface area (Å²) in [5, 5.41) is 8.98. The maximum Gasteiger partial charge on any atom is 0.330 e. The maximum absolute atomic E-state index is 10.9. The lowest BCUT2D eigenvalue weighted by Gasteiger charge is -2.35. The van der Waals surface area contributed by atoms with Crippen LogP contribution >= 0.6 is 0 Å². The van der Waals surface area contributed by atoms with Gasteiger partial charge in [-0.1, -0.05) is 6.08 Å². The number of hydrogen-bond acceptors (Lipinski definition) is 3. The average molecular weight is 242 g/mol. The van der Waals surface area contributed by atoms with E-state index in [0.717, 1.165) is 0 Å². The molecule has 0 aliphatic heterocycles. The number of hydrogen-bond donors (Lipinski definition) is 1. The highest BCUT2D eigenvalue weighted by Gasteiger charge is 2.25. The molecular weight excluding hydrogens is 216 g/mol. The largest absolute Gasteiger partial charge is 0.478 e. The van der Waals surface area contributed by atoms with E-state index in [9.17, 15) is 4.79 Å². The molecule has 17 heavy (non-hydrogen) atoms. The standard InChI is InChI=1S/C13H26N2O2/c1-9(13(16)17)8-12(10(2)14(4)5)11(3)15(6)7/h8,10-12H,1-7H3,(H,16,17)/b9-8+. The van der Waals surface area contributed by atoms with Crippen molar-refractivity contribution >= 4 is 5.97 Å². The fourth-order valence-electron chi connectivity index (χ4n) is 1.73. The zero-order valence-electron chi connectivity index (χ0n) is 12.1. The van der Waals surface area contributed by atoms with Gasteiger partial charge in [0.05, 0.1) is 0 Å². The molecule has 0 bridgehead atoms. The van der Waals surface area contributed by atoms with Gasteiger partial charge in [0.2, 0.25) is 0 Å². The Labute approximate surface area is 105 Å². The monoisotopic (exact) mass is 242 g/mol. The summed E-state index contributed by atoms with van der Waals surface area (Å²) in [6, 6.07) is 0.586. The van der Waals surface area contributed by atoms with Gasteiger partial charge < -0.3 is 14.9 Å². The SMILES string of the molecule is C/C(=C\C(C(C)N(C)C)C(C)N(C)C)C(=O)O. The fourth-order valence-corrected chi connectivity index (χ4v) is 1.73. The molecule has 0 rings (SSSR count). The Morgan fingerprint density at radius 3 is 1.65 bits per heavy atom. The first-order valence-electron chi connectivity index (χ1n) is 5.93. The van der Waals surface area contributed by atoms with E-state index >= 15 is 0 Å². The smallest absolute Gasteiger partial charge is 0.330 e. The summed E-state index contributed by atoms with van der Waals surface area (Å²) in [6.45, 7) is 5.90. The van der Waals surface area contributed by atoms with Gasteiger partial charge in [0, 0.05) is 23.6 Å². The van der Waals surface area contributed by atoms with Gasteiger partial charge in [-0.15, -0.1) is 0 Å². The molecule has 0 heterocycles. The van der Waals surface area contributed by atoms with E-state index < -0.39 is 5.97 Å². The number of aliphatic carboxylic acids is 1. The molecule has 0 spiro atoms. The lowest BCUT2D eigenvalue weighted by molar-refractivity contribution is -0.132. The highest BCUT2D eigenvalue weighted by Crippen LogP contribution is 2.20. The van der Waals surface area contributed by atoms with Crippen molar-refractivity contribution in [1.82, 2.24) is 9.80 Å². The molecule has 0 aliphatic rings. The zero-order valence-corrected chi connectivity index (χ0v) is 12.1. The van der Waals surface area contributed by atoms with E-state index in [2.05, 4.69) is 23.6 Å². The number of carbonyl (C=O) groups is 1.